The maximum absolute atomic E-state index is 5.80. The lowest BCUT2D eigenvalue weighted by molar-refractivity contribution is 0.699. The molecular formula is C9H13ClN2. The molecule has 0 aromatic carbocycles. The van der Waals surface area contributed by atoms with E-state index in [1.807, 2.05) is 13.0 Å². The van der Waals surface area contributed by atoms with Crippen molar-refractivity contribution >= 4 is 11.6 Å². The van der Waals surface area contributed by atoms with Crippen molar-refractivity contribution in [1.29, 1.82) is 0 Å². The van der Waals surface area contributed by atoms with Gasteiger partial charge in [-0.1, -0.05) is 25.4 Å². The number of halogens is 1. The summed E-state index contributed by atoms with van der Waals surface area (Å²) in [6, 6.07) is 1.84. The van der Waals surface area contributed by atoms with Crippen LogP contribution >= 0.6 is 11.6 Å². The first-order valence-corrected chi connectivity index (χ1v) is 4.52. The molecule has 0 bridgehead atoms. The molecule has 1 atom stereocenters. The van der Waals surface area contributed by atoms with E-state index in [0.29, 0.717) is 11.1 Å². The van der Waals surface area contributed by atoms with Crippen molar-refractivity contribution in [3.05, 3.63) is 22.7 Å². The molecule has 2 nitrogen and oxygen atoms in total. The van der Waals surface area contributed by atoms with Gasteiger partial charge in [0.1, 0.15) is 11.0 Å². The summed E-state index contributed by atoms with van der Waals surface area (Å²) in [5.74, 6) is 1.21. The summed E-state index contributed by atoms with van der Waals surface area (Å²) in [5.41, 5.74) is 1.04. The molecule has 0 spiro atoms. The van der Waals surface area contributed by atoms with Gasteiger partial charge in [0, 0.05) is 5.69 Å². The molecule has 1 heterocycles. The highest BCUT2D eigenvalue weighted by Crippen LogP contribution is 2.18. The van der Waals surface area contributed by atoms with Gasteiger partial charge < -0.3 is 0 Å². The van der Waals surface area contributed by atoms with Crippen molar-refractivity contribution in [3.63, 3.8) is 0 Å². The fraction of sp³-hybridized carbons (Fsp3) is 0.556. The van der Waals surface area contributed by atoms with Crippen molar-refractivity contribution in [2.24, 2.45) is 0 Å². The summed E-state index contributed by atoms with van der Waals surface area (Å²) >= 11 is 5.80. The van der Waals surface area contributed by atoms with Crippen LogP contribution in [0.4, 0.5) is 0 Å². The fourth-order valence-corrected chi connectivity index (χ4v) is 1.25. The van der Waals surface area contributed by atoms with Crippen LogP contribution in [0.1, 0.15) is 37.7 Å². The highest BCUT2D eigenvalue weighted by molar-refractivity contribution is 6.29. The summed E-state index contributed by atoms with van der Waals surface area (Å²) in [5, 5.41) is 0.540. The Bertz CT molecular complexity index is 253. The van der Waals surface area contributed by atoms with Crippen molar-refractivity contribution < 1.29 is 0 Å². The van der Waals surface area contributed by atoms with Gasteiger partial charge >= 0.3 is 0 Å². The quantitative estimate of drug-likeness (QED) is 0.661. The lowest BCUT2D eigenvalue weighted by atomic mass is 10.1. The molecule has 0 aliphatic carbocycles. The van der Waals surface area contributed by atoms with Gasteiger partial charge in [-0.2, -0.15) is 0 Å². The maximum Gasteiger partial charge on any atom is 0.133 e. The van der Waals surface area contributed by atoms with E-state index in [1.165, 1.54) is 0 Å². The number of hydrogen-bond acceptors (Lipinski definition) is 2. The molecule has 3 heteroatoms. The number of aryl methyl sites for hydroxylation is 1. The van der Waals surface area contributed by atoms with E-state index < -0.39 is 0 Å². The van der Waals surface area contributed by atoms with Crippen LogP contribution in [-0.4, -0.2) is 9.97 Å². The number of aromatic nitrogens is 2. The van der Waals surface area contributed by atoms with Gasteiger partial charge in [0.05, 0.1) is 0 Å². The SMILES string of the molecule is CCC(C)c1cc(Cl)nc(C)n1. The van der Waals surface area contributed by atoms with Crippen molar-refractivity contribution in [1.82, 2.24) is 9.97 Å². The van der Waals surface area contributed by atoms with Gasteiger partial charge in [0.2, 0.25) is 0 Å². The lowest BCUT2D eigenvalue weighted by Crippen LogP contribution is -1.99. The summed E-state index contributed by atoms with van der Waals surface area (Å²) in [6.45, 7) is 6.13. The molecule has 1 aromatic heterocycles. The molecule has 0 saturated heterocycles. The molecule has 66 valence electrons. The Balaban J connectivity index is 3.00. The second-order valence-electron chi connectivity index (χ2n) is 2.97. The molecule has 12 heavy (non-hydrogen) atoms. The van der Waals surface area contributed by atoms with E-state index in [4.69, 9.17) is 11.6 Å². The molecule has 1 rings (SSSR count). The van der Waals surface area contributed by atoms with E-state index in [0.717, 1.165) is 17.9 Å². The molecule has 0 fully saturated rings. The summed E-state index contributed by atoms with van der Waals surface area (Å²) in [6.07, 6.45) is 1.08. The topological polar surface area (TPSA) is 25.8 Å². The normalized spacial score (nSPS) is 13.0. The number of rotatable bonds is 2. The molecule has 1 aromatic rings. The van der Waals surface area contributed by atoms with Crippen LogP contribution in [0.5, 0.6) is 0 Å². The zero-order chi connectivity index (χ0) is 9.14. The van der Waals surface area contributed by atoms with E-state index in [9.17, 15) is 0 Å². The first-order chi connectivity index (χ1) is 5.63. The van der Waals surface area contributed by atoms with Crippen LogP contribution in [-0.2, 0) is 0 Å². The van der Waals surface area contributed by atoms with Crippen LogP contribution in [0, 0.1) is 6.92 Å². The maximum atomic E-state index is 5.80. The van der Waals surface area contributed by atoms with Crippen LogP contribution in [0.15, 0.2) is 6.07 Å². The average molecular weight is 185 g/mol. The summed E-state index contributed by atoms with van der Waals surface area (Å²) < 4.78 is 0. The standard InChI is InChI=1S/C9H13ClN2/c1-4-6(2)8-5-9(10)12-7(3)11-8/h5-6H,4H2,1-3H3. The van der Waals surface area contributed by atoms with Crippen LogP contribution in [0.25, 0.3) is 0 Å². The predicted octanol–water partition coefficient (Wildman–Crippen LogP) is 2.95. The Labute approximate surface area is 78.0 Å². The average Bonchev–Trinajstić information content (AvgIpc) is 2.01. The molecule has 0 saturated carbocycles. The van der Waals surface area contributed by atoms with Gasteiger partial charge in [-0.15, -0.1) is 0 Å². The predicted molar refractivity (Wildman–Crippen MR) is 50.5 cm³/mol. The van der Waals surface area contributed by atoms with Gasteiger partial charge in [-0.05, 0) is 25.3 Å². The Morgan fingerprint density at radius 3 is 2.67 bits per heavy atom. The van der Waals surface area contributed by atoms with Gasteiger partial charge in [-0.25, -0.2) is 9.97 Å². The first kappa shape index (κ1) is 9.46. The first-order valence-electron chi connectivity index (χ1n) is 4.14. The lowest BCUT2D eigenvalue weighted by Gasteiger charge is -2.07. The van der Waals surface area contributed by atoms with E-state index in [-0.39, 0.29) is 0 Å². The number of nitrogens with zero attached hydrogens (tertiary/aromatic N) is 2. The zero-order valence-electron chi connectivity index (χ0n) is 7.63. The second kappa shape index (κ2) is 3.85. The second-order valence-corrected chi connectivity index (χ2v) is 3.36. The molecule has 0 aliphatic heterocycles. The van der Waals surface area contributed by atoms with Gasteiger partial charge in [0.25, 0.3) is 0 Å². The zero-order valence-corrected chi connectivity index (χ0v) is 8.39. The largest absolute Gasteiger partial charge is 0.238 e. The molecule has 0 N–H and O–H groups in total. The van der Waals surface area contributed by atoms with Crippen molar-refractivity contribution in [3.8, 4) is 0 Å². The van der Waals surface area contributed by atoms with Crippen LogP contribution < -0.4 is 0 Å². The monoisotopic (exact) mass is 184 g/mol. The van der Waals surface area contributed by atoms with Gasteiger partial charge in [-0.3, -0.25) is 0 Å². The van der Waals surface area contributed by atoms with Crippen molar-refractivity contribution in [2.75, 3.05) is 0 Å². The van der Waals surface area contributed by atoms with Crippen molar-refractivity contribution in [2.45, 2.75) is 33.1 Å². The third-order valence-electron chi connectivity index (χ3n) is 1.94. The fourth-order valence-electron chi connectivity index (χ4n) is 1.01. The Morgan fingerprint density at radius 2 is 2.17 bits per heavy atom. The van der Waals surface area contributed by atoms with E-state index in [1.54, 1.807) is 0 Å². The highest BCUT2D eigenvalue weighted by Gasteiger charge is 2.06. The number of hydrogen-bond donors (Lipinski definition) is 0. The van der Waals surface area contributed by atoms with Crippen LogP contribution in [0.2, 0.25) is 5.15 Å². The Hall–Kier alpha value is -0.630. The molecule has 0 aliphatic rings. The Kier molecular flexibility index (Phi) is 3.04. The minimum Gasteiger partial charge on any atom is -0.238 e. The highest BCUT2D eigenvalue weighted by atomic mass is 35.5. The third kappa shape index (κ3) is 2.18. The summed E-state index contributed by atoms with van der Waals surface area (Å²) in [4.78, 5) is 8.31. The summed E-state index contributed by atoms with van der Waals surface area (Å²) in [7, 11) is 0. The van der Waals surface area contributed by atoms with Crippen LogP contribution in [0.3, 0.4) is 0 Å². The Morgan fingerprint density at radius 1 is 1.50 bits per heavy atom. The smallest absolute Gasteiger partial charge is 0.133 e. The van der Waals surface area contributed by atoms with E-state index in [2.05, 4.69) is 23.8 Å². The van der Waals surface area contributed by atoms with E-state index >= 15 is 0 Å². The molecule has 0 amide bonds. The minimum atomic E-state index is 0.462. The van der Waals surface area contributed by atoms with Gasteiger partial charge in [0.15, 0.2) is 0 Å². The molecule has 0 radical (unpaired) electrons. The minimum absolute atomic E-state index is 0.462. The third-order valence-corrected chi connectivity index (χ3v) is 2.14. The molecular weight excluding hydrogens is 172 g/mol. The molecule has 1 unspecified atom stereocenters.